The summed E-state index contributed by atoms with van der Waals surface area (Å²) in [4.78, 5) is 17.1. The van der Waals surface area contributed by atoms with Crippen LogP contribution in [-0.4, -0.2) is 66.2 Å². The van der Waals surface area contributed by atoms with E-state index in [2.05, 4.69) is 23.8 Å². The second kappa shape index (κ2) is 30.6. The van der Waals surface area contributed by atoms with Gasteiger partial charge in [-0.3, -0.25) is 4.79 Å². The lowest BCUT2D eigenvalue weighted by Crippen LogP contribution is -2.21. The van der Waals surface area contributed by atoms with E-state index in [4.69, 9.17) is 19.1 Å². The molecule has 0 amide bonds. The van der Waals surface area contributed by atoms with E-state index < -0.39 is 0 Å². The summed E-state index contributed by atoms with van der Waals surface area (Å²) in [7, 11) is 1.91. The molecule has 0 atom stereocenters. The lowest BCUT2D eigenvalue weighted by Gasteiger charge is -2.05. The summed E-state index contributed by atoms with van der Waals surface area (Å²) in [5.74, 6) is 0. The summed E-state index contributed by atoms with van der Waals surface area (Å²) < 4.78 is 10.6. The van der Waals surface area contributed by atoms with Gasteiger partial charge in [-0.1, -0.05) is 12.7 Å². The van der Waals surface area contributed by atoms with Crippen molar-refractivity contribution in [1.29, 1.82) is 0 Å². The van der Waals surface area contributed by atoms with Gasteiger partial charge in [-0.25, -0.2) is 0 Å². The molecule has 118 valence electrons. The van der Waals surface area contributed by atoms with E-state index >= 15 is 0 Å². The summed E-state index contributed by atoms with van der Waals surface area (Å²) in [6.45, 7) is 14.1. The van der Waals surface area contributed by atoms with Gasteiger partial charge >= 0.3 is 0 Å². The van der Waals surface area contributed by atoms with Crippen LogP contribution in [0.3, 0.4) is 0 Å². The number of allylic oxidation sites excluding steroid dienone is 1. The average molecular weight is 288 g/mol. The maximum Gasteiger partial charge on any atom is 0.142 e. The molecule has 0 aromatic rings. The van der Waals surface area contributed by atoms with Crippen LogP contribution in [0.15, 0.2) is 25.3 Å². The lowest BCUT2D eigenvalue weighted by molar-refractivity contribution is -0.104. The van der Waals surface area contributed by atoms with Gasteiger partial charge in [0.2, 0.25) is 0 Å². The van der Waals surface area contributed by atoms with Crippen LogP contribution >= 0.6 is 0 Å². The summed E-state index contributed by atoms with van der Waals surface area (Å²) in [6, 6.07) is 0. The van der Waals surface area contributed by atoms with Crippen molar-refractivity contribution in [2.45, 2.75) is 0 Å². The normalized spacial score (nSPS) is 8.45. The Hall–Kier alpha value is -1.34. The van der Waals surface area contributed by atoms with Crippen LogP contribution in [0.4, 0.5) is 0 Å². The summed E-state index contributed by atoms with van der Waals surface area (Å²) in [5, 5.41) is 6.16. The largest absolute Gasteiger partial charge is 0.378 e. The Morgan fingerprint density at radius 1 is 1.00 bits per heavy atom. The van der Waals surface area contributed by atoms with Gasteiger partial charge in [0.05, 0.1) is 26.4 Å². The maximum absolute atomic E-state index is 9.06. The van der Waals surface area contributed by atoms with Gasteiger partial charge in [0.15, 0.2) is 0 Å². The first-order valence-corrected chi connectivity index (χ1v) is 6.30. The minimum Gasteiger partial charge on any atom is -0.378 e. The fraction of sp³-hybridized carbons (Fsp3) is 0.571. The zero-order valence-electron chi connectivity index (χ0n) is 12.4. The molecule has 0 heterocycles. The molecule has 6 nitrogen and oxygen atoms in total. The highest BCUT2D eigenvalue weighted by atomic mass is 16.5. The standard InChI is InChI=1S/C10H22N2O2.C3H4O.CH2O/c1-3-4-12-6-8-14-10-9-13-7-5-11-2;1-2-3-4;1-2/h3,11-12H,1,4-10H2,2H3;2-3H,1H2;1H2. The van der Waals surface area contributed by atoms with E-state index in [1.807, 2.05) is 19.9 Å². The monoisotopic (exact) mass is 288 g/mol. The van der Waals surface area contributed by atoms with Crippen molar-refractivity contribution in [2.24, 2.45) is 0 Å². The Kier molecular flexibility index (Phi) is 36.3. The number of aldehydes is 1. The average Bonchev–Trinajstić information content (AvgIpc) is 2.51. The Morgan fingerprint density at radius 2 is 1.50 bits per heavy atom. The van der Waals surface area contributed by atoms with Gasteiger partial charge in [0, 0.05) is 19.6 Å². The molecule has 0 saturated carbocycles. The second-order valence-electron chi connectivity index (χ2n) is 3.19. The van der Waals surface area contributed by atoms with Crippen molar-refractivity contribution in [1.82, 2.24) is 10.6 Å². The Balaban J connectivity index is -0.000000410. The van der Waals surface area contributed by atoms with Crippen molar-refractivity contribution in [2.75, 3.05) is 53.1 Å². The van der Waals surface area contributed by atoms with E-state index in [-0.39, 0.29) is 0 Å². The van der Waals surface area contributed by atoms with Crippen LogP contribution in [0.2, 0.25) is 0 Å². The van der Waals surface area contributed by atoms with Crippen LogP contribution in [0.1, 0.15) is 0 Å². The van der Waals surface area contributed by atoms with Crippen LogP contribution in [0.5, 0.6) is 0 Å². The van der Waals surface area contributed by atoms with Gasteiger partial charge in [-0.15, -0.1) is 6.58 Å². The number of rotatable bonds is 12. The Labute approximate surface area is 122 Å². The SMILES string of the molecule is C=CC=O.C=CCNCCOCCOCCNC.C=O. The first-order valence-electron chi connectivity index (χ1n) is 6.30. The fourth-order valence-electron chi connectivity index (χ4n) is 0.845. The molecular formula is C14H28N2O4. The number of hydrogen-bond acceptors (Lipinski definition) is 6. The van der Waals surface area contributed by atoms with Crippen LogP contribution in [-0.2, 0) is 19.1 Å². The van der Waals surface area contributed by atoms with Crippen molar-refractivity contribution in [3.8, 4) is 0 Å². The number of ether oxygens (including phenoxy) is 2. The molecule has 0 unspecified atom stereocenters. The van der Waals surface area contributed by atoms with Gasteiger partial charge in [0.1, 0.15) is 13.1 Å². The third-order valence-electron chi connectivity index (χ3n) is 1.68. The molecule has 0 bridgehead atoms. The van der Waals surface area contributed by atoms with Crippen molar-refractivity contribution < 1.29 is 19.1 Å². The summed E-state index contributed by atoms with van der Waals surface area (Å²) in [6.07, 6.45) is 3.67. The highest BCUT2D eigenvalue weighted by molar-refractivity contribution is 5.63. The third kappa shape index (κ3) is 36.0. The number of hydrogen-bond donors (Lipinski definition) is 2. The lowest BCUT2D eigenvalue weighted by atomic mass is 10.6. The second-order valence-corrected chi connectivity index (χ2v) is 3.19. The van der Waals surface area contributed by atoms with Gasteiger partial charge < -0.3 is 24.9 Å². The first-order chi connectivity index (χ1) is 9.83. The number of carbonyl (C=O) groups excluding carboxylic acids is 2. The summed E-state index contributed by atoms with van der Waals surface area (Å²) >= 11 is 0. The molecule has 0 aromatic carbocycles. The third-order valence-corrected chi connectivity index (χ3v) is 1.68. The first kappa shape index (κ1) is 23.7. The molecule has 0 aliphatic carbocycles. The van der Waals surface area contributed by atoms with Crippen molar-refractivity contribution in [3.05, 3.63) is 25.3 Å². The zero-order valence-corrected chi connectivity index (χ0v) is 12.4. The minimum absolute atomic E-state index is 0.639. The molecule has 0 aromatic heterocycles. The molecule has 0 radical (unpaired) electrons. The van der Waals surface area contributed by atoms with E-state index in [1.165, 1.54) is 6.08 Å². The van der Waals surface area contributed by atoms with E-state index in [0.717, 1.165) is 32.8 Å². The van der Waals surface area contributed by atoms with Gasteiger partial charge in [-0.2, -0.15) is 0 Å². The molecule has 2 N–H and O–H groups in total. The molecule has 20 heavy (non-hydrogen) atoms. The predicted molar refractivity (Wildman–Crippen MR) is 82.0 cm³/mol. The quantitative estimate of drug-likeness (QED) is 0.231. The van der Waals surface area contributed by atoms with E-state index in [9.17, 15) is 0 Å². The molecule has 0 aliphatic rings. The van der Waals surface area contributed by atoms with E-state index in [0.29, 0.717) is 19.5 Å². The maximum atomic E-state index is 9.06. The minimum atomic E-state index is 0.639. The highest BCUT2D eigenvalue weighted by Crippen LogP contribution is 1.77. The molecule has 6 heteroatoms. The molecule has 0 spiro atoms. The summed E-state index contributed by atoms with van der Waals surface area (Å²) in [5.41, 5.74) is 0. The Bertz CT molecular complexity index is 196. The number of likely N-dealkylation sites (N-methyl/N-ethyl adjacent to an activating group) is 1. The van der Waals surface area contributed by atoms with Crippen LogP contribution in [0.25, 0.3) is 0 Å². The smallest absolute Gasteiger partial charge is 0.142 e. The molecular weight excluding hydrogens is 260 g/mol. The van der Waals surface area contributed by atoms with Crippen molar-refractivity contribution in [3.63, 3.8) is 0 Å². The van der Waals surface area contributed by atoms with Crippen LogP contribution in [0, 0.1) is 0 Å². The van der Waals surface area contributed by atoms with Crippen molar-refractivity contribution >= 4 is 13.1 Å². The number of nitrogens with one attached hydrogen (secondary N) is 2. The fourth-order valence-corrected chi connectivity index (χ4v) is 0.845. The molecule has 0 rings (SSSR count). The van der Waals surface area contributed by atoms with Crippen LogP contribution < -0.4 is 10.6 Å². The zero-order chi connectivity index (χ0) is 15.9. The highest BCUT2D eigenvalue weighted by Gasteiger charge is 1.89. The molecule has 0 fully saturated rings. The molecule has 0 aliphatic heterocycles. The molecule has 0 saturated heterocycles. The predicted octanol–water partition coefficient (Wildman–Crippen LogP) is 0.201. The Morgan fingerprint density at radius 3 is 1.90 bits per heavy atom. The topological polar surface area (TPSA) is 76.7 Å². The van der Waals surface area contributed by atoms with Gasteiger partial charge in [0.25, 0.3) is 0 Å². The van der Waals surface area contributed by atoms with E-state index in [1.54, 1.807) is 0 Å². The van der Waals surface area contributed by atoms with Gasteiger partial charge in [-0.05, 0) is 13.1 Å². The number of carbonyl (C=O) groups is 2.